The van der Waals surface area contributed by atoms with Crippen molar-refractivity contribution in [1.82, 2.24) is 15.2 Å². The predicted molar refractivity (Wildman–Crippen MR) is 117 cm³/mol. The smallest absolute Gasteiger partial charge is 0.256 e. The topological polar surface area (TPSA) is 139 Å². The molecule has 4 N–H and O–H groups in total. The molecule has 1 atom stereocenters. The third-order valence-corrected chi connectivity index (χ3v) is 5.27. The molecule has 2 amide bonds. The fraction of sp³-hybridized carbons (Fsp3) is 0.500. The van der Waals surface area contributed by atoms with E-state index in [-0.39, 0.29) is 30.2 Å². The highest BCUT2D eigenvalue weighted by atomic mass is 16.7. The van der Waals surface area contributed by atoms with Crippen molar-refractivity contribution in [1.29, 1.82) is 0 Å². The number of aryl methyl sites for hydroxylation is 1. The van der Waals surface area contributed by atoms with Crippen LogP contribution in [0.15, 0.2) is 23.1 Å². The van der Waals surface area contributed by atoms with E-state index in [2.05, 4.69) is 10.6 Å². The van der Waals surface area contributed by atoms with Crippen molar-refractivity contribution in [3.63, 3.8) is 0 Å². The normalized spacial score (nSPS) is 13.2. The molecule has 10 heteroatoms. The van der Waals surface area contributed by atoms with Crippen LogP contribution in [0.3, 0.4) is 0 Å². The number of rotatable bonds is 11. The van der Waals surface area contributed by atoms with Crippen LogP contribution in [0.1, 0.15) is 43.0 Å². The molecule has 10 nitrogen and oxygen atoms in total. The van der Waals surface area contributed by atoms with Crippen LogP contribution in [0.5, 0.6) is 11.5 Å². The molecule has 1 aromatic heterocycles. The van der Waals surface area contributed by atoms with E-state index >= 15 is 0 Å². The van der Waals surface area contributed by atoms with Gasteiger partial charge in [0, 0.05) is 38.3 Å². The molecule has 0 saturated carbocycles. The summed E-state index contributed by atoms with van der Waals surface area (Å²) in [6.45, 7) is 2.62. The third-order valence-electron chi connectivity index (χ3n) is 5.27. The molecular formula is C22H29N3O7. The number of benzene rings is 1. The van der Waals surface area contributed by atoms with Gasteiger partial charge in [-0.2, -0.15) is 0 Å². The lowest BCUT2D eigenvalue weighted by Gasteiger charge is -2.12. The summed E-state index contributed by atoms with van der Waals surface area (Å²) in [6.07, 6.45) is 2.91. The second kappa shape index (κ2) is 11.0. The minimum absolute atomic E-state index is 0.0222. The molecule has 1 unspecified atom stereocenters. The number of carbonyl (C=O) groups excluding carboxylic acids is 2. The standard InChI is InChI=1S/C22H29N3O7/c1-2-25-11-16(21(29)15-8-18-19(9-17(15)25)32-13-31-18)22(30)23-7-5-3-4-6-20(28)24-10-14(27)12-26/h8-9,11,14,26-27H,2-7,10,12-13H2,1H3,(H,23,30)(H,24,28). The van der Waals surface area contributed by atoms with Crippen LogP contribution >= 0.6 is 0 Å². The lowest BCUT2D eigenvalue weighted by Crippen LogP contribution is -2.33. The first-order valence-corrected chi connectivity index (χ1v) is 10.7. The molecule has 0 fully saturated rings. The summed E-state index contributed by atoms with van der Waals surface area (Å²) in [6, 6.07) is 3.37. The molecule has 1 aliphatic rings. The van der Waals surface area contributed by atoms with Crippen LogP contribution in [0.4, 0.5) is 0 Å². The monoisotopic (exact) mass is 447 g/mol. The number of aromatic nitrogens is 1. The molecule has 32 heavy (non-hydrogen) atoms. The number of hydrogen-bond acceptors (Lipinski definition) is 7. The zero-order chi connectivity index (χ0) is 23.1. The maximum absolute atomic E-state index is 12.9. The van der Waals surface area contributed by atoms with Gasteiger partial charge in [0.1, 0.15) is 5.56 Å². The molecule has 2 aromatic rings. The first-order valence-electron chi connectivity index (χ1n) is 10.7. The maximum Gasteiger partial charge on any atom is 0.256 e. The number of fused-ring (bicyclic) bond motifs is 2. The first kappa shape index (κ1) is 23.6. The number of nitrogens with one attached hydrogen (secondary N) is 2. The highest BCUT2D eigenvalue weighted by Crippen LogP contribution is 2.35. The van der Waals surface area contributed by atoms with Crippen LogP contribution in [0.25, 0.3) is 10.9 Å². The van der Waals surface area contributed by atoms with Gasteiger partial charge >= 0.3 is 0 Å². The Morgan fingerprint density at radius 3 is 2.62 bits per heavy atom. The molecule has 1 aromatic carbocycles. The maximum atomic E-state index is 12.9. The Hall–Kier alpha value is -3.11. The van der Waals surface area contributed by atoms with Gasteiger partial charge in [0.05, 0.1) is 23.6 Å². The van der Waals surface area contributed by atoms with Crippen LogP contribution in [0.2, 0.25) is 0 Å². The molecular weight excluding hydrogens is 418 g/mol. The summed E-state index contributed by atoms with van der Waals surface area (Å²) in [4.78, 5) is 37.2. The van der Waals surface area contributed by atoms with Crippen molar-refractivity contribution >= 4 is 22.7 Å². The van der Waals surface area contributed by atoms with E-state index < -0.39 is 18.6 Å². The van der Waals surface area contributed by atoms with Crippen molar-refractivity contribution in [2.75, 3.05) is 26.5 Å². The van der Waals surface area contributed by atoms with Gasteiger partial charge in [0.2, 0.25) is 18.1 Å². The van der Waals surface area contributed by atoms with Gasteiger partial charge in [-0.3, -0.25) is 14.4 Å². The third kappa shape index (κ3) is 5.57. The van der Waals surface area contributed by atoms with Crippen molar-refractivity contribution in [2.24, 2.45) is 0 Å². The number of pyridine rings is 1. The number of nitrogens with zero attached hydrogens (tertiary/aromatic N) is 1. The molecule has 0 radical (unpaired) electrons. The van der Waals surface area contributed by atoms with Crippen LogP contribution in [0, 0.1) is 0 Å². The van der Waals surface area contributed by atoms with Gasteiger partial charge in [-0.05, 0) is 25.8 Å². The van der Waals surface area contributed by atoms with Crippen molar-refractivity contribution in [3.8, 4) is 11.5 Å². The average Bonchev–Trinajstić information content (AvgIpc) is 3.26. The lowest BCUT2D eigenvalue weighted by atomic mass is 10.1. The highest BCUT2D eigenvalue weighted by molar-refractivity contribution is 5.97. The summed E-state index contributed by atoms with van der Waals surface area (Å²) in [5.41, 5.74) is 0.394. The molecule has 0 saturated heterocycles. The number of aliphatic hydroxyl groups is 2. The van der Waals surface area contributed by atoms with E-state index in [9.17, 15) is 19.5 Å². The Bertz CT molecular complexity index is 1030. The highest BCUT2D eigenvalue weighted by Gasteiger charge is 2.20. The van der Waals surface area contributed by atoms with E-state index in [0.29, 0.717) is 54.8 Å². The Morgan fingerprint density at radius 2 is 1.91 bits per heavy atom. The number of unbranched alkanes of at least 4 members (excludes halogenated alkanes) is 2. The van der Waals surface area contributed by atoms with E-state index in [4.69, 9.17) is 14.6 Å². The van der Waals surface area contributed by atoms with E-state index in [1.165, 1.54) is 0 Å². The summed E-state index contributed by atoms with van der Waals surface area (Å²) in [5, 5.41) is 23.6. The SMILES string of the molecule is CCn1cc(C(=O)NCCCCCC(=O)NCC(O)CO)c(=O)c2cc3c(cc21)OCO3. The Balaban J connectivity index is 1.53. The van der Waals surface area contributed by atoms with Crippen molar-refractivity contribution in [3.05, 3.63) is 34.1 Å². The second-order valence-electron chi connectivity index (χ2n) is 7.59. The molecule has 0 spiro atoms. The Labute approximate surface area is 185 Å². The number of ether oxygens (including phenoxy) is 2. The van der Waals surface area contributed by atoms with Crippen LogP contribution < -0.4 is 25.5 Å². The van der Waals surface area contributed by atoms with Crippen LogP contribution in [-0.4, -0.2) is 59.2 Å². The van der Waals surface area contributed by atoms with Crippen molar-refractivity contribution in [2.45, 2.75) is 45.3 Å². The number of carbonyl (C=O) groups is 2. The summed E-state index contributed by atoms with van der Waals surface area (Å²) in [5.74, 6) is 0.436. The zero-order valence-electron chi connectivity index (χ0n) is 18.1. The summed E-state index contributed by atoms with van der Waals surface area (Å²) < 4.78 is 12.6. The fourth-order valence-electron chi connectivity index (χ4n) is 3.47. The molecule has 174 valence electrons. The van der Waals surface area contributed by atoms with Gasteiger partial charge in [-0.25, -0.2) is 0 Å². The Kier molecular flexibility index (Phi) is 8.07. The van der Waals surface area contributed by atoms with Gasteiger partial charge in [-0.15, -0.1) is 0 Å². The molecule has 2 heterocycles. The largest absolute Gasteiger partial charge is 0.454 e. The number of hydrogen-bond donors (Lipinski definition) is 4. The zero-order valence-corrected chi connectivity index (χ0v) is 18.1. The summed E-state index contributed by atoms with van der Waals surface area (Å²) in [7, 11) is 0. The van der Waals surface area contributed by atoms with Gasteiger partial charge < -0.3 is 34.9 Å². The fourth-order valence-corrected chi connectivity index (χ4v) is 3.47. The lowest BCUT2D eigenvalue weighted by molar-refractivity contribution is -0.121. The molecule has 0 bridgehead atoms. The predicted octanol–water partition coefficient (Wildman–Crippen LogP) is 0.510. The molecule has 1 aliphatic heterocycles. The van der Waals surface area contributed by atoms with Crippen molar-refractivity contribution < 1.29 is 29.3 Å². The van der Waals surface area contributed by atoms with E-state index in [1.54, 1.807) is 18.3 Å². The minimum Gasteiger partial charge on any atom is -0.454 e. The molecule has 3 rings (SSSR count). The number of aliphatic hydroxyl groups excluding tert-OH is 2. The van der Waals surface area contributed by atoms with Crippen LogP contribution in [-0.2, 0) is 11.3 Å². The average molecular weight is 447 g/mol. The van der Waals surface area contributed by atoms with Gasteiger partial charge in [-0.1, -0.05) is 6.42 Å². The van der Waals surface area contributed by atoms with Gasteiger partial charge in [0.15, 0.2) is 11.5 Å². The van der Waals surface area contributed by atoms with Gasteiger partial charge in [0.25, 0.3) is 5.91 Å². The second-order valence-corrected chi connectivity index (χ2v) is 7.59. The summed E-state index contributed by atoms with van der Waals surface area (Å²) >= 11 is 0. The minimum atomic E-state index is -0.955. The quantitative estimate of drug-likeness (QED) is 0.368. The van der Waals surface area contributed by atoms with E-state index in [1.807, 2.05) is 11.5 Å². The Morgan fingerprint density at radius 1 is 1.16 bits per heavy atom. The van der Waals surface area contributed by atoms with E-state index in [0.717, 1.165) is 6.42 Å². The molecule has 0 aliphatic carbocycles. The number of amides is 2. The first-order chi connectivity index (χ1) is 15.4.